The van der Waals surface area contributed by atoms with E-state index < -0.39 is 0 Å². The van der Waals surface area contributed by atoms with Gasteiger partial charge < -0.3 is 5.73 Å². The van der Waals surface area contributed by atoms with E-state index in [2.05, 4.69) is 29.6 Å². The first-order chi connectivity index (χ1) is 5.79. The summed E-state index contributed by atoms with van der Waals surface area (Å²) in [5, 5.41) is 3.45. The van der Waals surface area contributed by atoms with E-state index in [0.29, 0.717) is 0 Å². The molecule has 0 saturated carbocycles. The molecule has 0 aliphatic carbocycles. The highest BCUT2D eigenvalue weighted by Crippen LogP contribution is 2.28. The van der Waals surface area contributed by atoms with Gasteiger partial charge >= 0.3 is 0 Å². The zero-order valence-corrected chi connectivity index (χ0v) is 8.99. The van der Waals surface area contributed by atoms with Gasteiger partial charge in [0.05, 0.1) is 0 Å². The molecule has 2 rings (SSSR count). The molecule has 13 heavy (non-hydrogen) atoms. The van der Waals surface area contributed by atoms with Crippen LogP contribution in [-0.2, 0) is 0 Å². The van der Waals surface area contributed by atoms with Crippen molar-refractivity contribution in [3.63, 3.8) is 0 Å². The lowest BCUT2D eigenvalue weighted by Crippen LogP contribution is -2.03. The lowest BCUT2D eigenvalue weighted by Gasteiger charge is -2.01. The number of fused-ring (bicyclic) bond motifs is 1. The van der Waals surface area contributed by atoms with Crippen LogP contribution in [0.3, 0.4) is 0 Å². The van der Waals surface area contributed by atoms with Crippen LogP contribution in [0.15, 0.2) is 29.6 Å². The molecule has 0 radical (unpaired) electrons. The van der Waals surface area contributed by atoms with Crippen LogP contribution in [0.5, 0.6) is 0 Å². The maximum Gasteiger partial charge on any atom is 0.0346 e. The molecular formula is C10H12ClNS. The van der Waals surface area contributed by atoms with E-state index in [9.17, 15) is 0 Å². The van der Waals surface area contributed by atoms with Crippen LogP contribution < -0.4 is 5.73 Å². The van der Waals surface area contributed by atoms with E-state index in [0.717, 1.165) is 0 Å². The highest BCUT2D eigenvalue weighted by Gasteiger charge is 2.05. The van der Waals surface area contributed by atoms with Crippen molar-refractivity contribution in [2.75, 3.05) is 0 Å². The van der Waals surface area contributed by atoms with Gasteiger partial charge in [-0.15, -0.1) is 23.7 Å². The molecular weight excluding hydrogens is 202 g/mol. The lowest BCUT2D eigenvalue weighted by atomic mass is 10.1. The molecule has 1 aromatic heterocycles. The molecule has 0 spiro atoms. The first kappa shape index (κ1) is 10.5. The van der Waals surface area contributed by atoms with Crippen molar-refractivity contribution in [1.29, 1.82) is 0 Å². The monoisotopic (exact) mass is 213 g/mol. The Kier molecular flexibility index (Phi) is 3.31. The number of hydrogen-bond acceptors (Lipinski definition) is 2. The zero-order valence-electron chi connectivity index (χ0n) is 7.36. The molecule has 1 nitrogen and oxygen atoms in total. The average Bonchev–Trinajstić information content (AvgIpc) is 2.47. The van der Waals surface area contributed by atoms with Gasteiger partial charge in [-0.2, -0.15) is 0 Å². The van der Waals surface area contributed by atoms with E-state index in [1.165, 1.54) is 15.6 Å². The van der Waals surface area contributed by atoms with Crippen molar-refractivity contribution < 1.29 is 0 Å². The predicted octanol–water partition coefficient (Wildman–Crippen LogP) is 3.34. The summed E-state index contributed by atoms with van der Waals surface area (Å²) in [6.45, 7) is 2.02. The smallest absolute Gasteiger partial charge is 0.0346 e. The van der Waals surface area contributed by atoms with Crippen LogP contribution in [0.2, 0.25) is 0 Å². The molecule has 70 valence electrons. The summed E-state index contributed by atoms with van der Waals surface area (Å²) in [5.41, 5.74) is 7.09. The largest absolute Gasteiger partial charge is 0.324 e. The number of hydrogen-bond donors (Lipinski definition) is 1. The summed E-state index contributed by atoms with van der Waals surface area (Å²) in [6, 6.07) is 8.52. The SMILES string of the molecule is C[C@@H](N)c1csc2ccccc12.Cl. The summed E-state index contributed by atoms with van der Waals surface area (Å²) >= 11 is 1.76. The standard InChI is InChI=1S/C10H11NS.ClH/c1-7(11)9-6-12-10-5-3-2-4-8(9)10;/h2-7H,11H2,1H3;1H/t7-;/m1./s1. The minimum Gasteiger partial charge on any atom is -0.324 e. The van der Waals surface area contributed by atoms with Gasteiger partial charge in [-0.1, -0.05) is 18.2 Å². The second-order valence-electron chi connectivity index (χ2n) is 2.98. The van der Waals surface area contributed by atoms with Crippen molar-refractivity contribution in [1.82, 2.24) is 0 Å². The molecule has 1 atom stereocenters. The molecule has 0 saturated heterocycles. The molecule has 0 unspecified atom stereocenters. The van der Waals surface area contributed by atoms with Gasteiger partial charge in [-0.05, 0) is 29.3 Å². The van der Waals surface area contributed by atoms with Crippen LogP contribution in [0.1, 0.15) is 18.5 Å². The third-order valence-electron chi connectivity index (χ3n) is 2.00. The summed E-state index contributed by atoms with van der Waals surface area (Å²) in [5.74, 6) is 0. The van der Waals surface area contributed by atoms with Crippen molar-refractivity contribution in [3.8, 4) is 0 Å². The maximum absolute atomic E-state index is 5.83. The Morgan fingerprint density at radius 2 is 2.00 bits per heavy atom. The molecule has 1 aromatic carbocycles. The first-order valence-electron chi connectivity index (χ1n) is 4.01. The molecule has 0 amide bonds. The van der Waals surface area contributed by atoms with Gasteiger partial charge in [0.1, 0.15) is 0 Å². The van der Waals surface area contributed by atoms with Crippen molar-refractivity contribution >= 4 is 33.8 Å². The Labute approximate surface area is 88.0 Å². The van der Waals surface area contributed by atoms with Gasteiger partial charge in [0, 0.05) is 10.7 Å². The lowest BCUT2D eigenvalue weighted by molar-refractivity contribution is 0.830. The normalized spacial score (nSPS) is 12.5. The topological polar surface area (TPSA) is 26.0 Å². The fourth-order valence-corrected chi connectivity index (χ4v) is 2.42. The summed E-state index contributed by atoms with van der Waals surface area (Å²) in [6.07, 6.45) is 0. The second kappa shape index (κ2) is 4.09. The van der Waals surface area contributed by atoms with E-state index >= 15 is 0 Å². The van der Waals surface area contributed by atoms with E-state index in [-0.39, 0.29) is 18.4 Å². The van der Waals surface area contributed by atoms with Crippen LogP contribution in [0.25, 0.3) is 10.1 Å². The zero-order chi connectivity index (χ0) is 8.55. The van der Waals surface area contributed by atoms with Crippen molar-refractivity contribution in [2.45, 2.75) is 13.0 Å². The van der Waals surface area contributed by atoms with Gasteiger partial charge in [-0.3, -0.25) is 0 Å². The van der Waals surface area contributed by atoms with E-state index in [1.807, 2.05) is 6.92 Å². The Hall–Kier alpha value is -0.570. The third-order valence-corrected chi connectivity index (χ3v) is 2.98. The number of thiophene rings is 1. The second-order valence-corrected chi connectivity index (χ2v) is 3.89. The molecule has 0 aliphatic heterocycles. The summed E-state index contributed by atoms with van der Waals surface area (Å²) in [7, 11) is 0. The summed E-state index contributed by atoms with van der Waals surface area (Å²) in [4.78, 5) is 0. The number of rotatable bonds is 1. The molecule has 2 N–H and O–H groups in total. The quantitative estimate of drug-likeness (QED) is 0.773. The molecule has 3 heteroatoms. The van der Waals surface area contributed by atoms with Crippen molar-refractivity contribution in [3.05, 3.63) is 35.2 Å². The minimum absolute atomic E-state index is 0. The van der Waals surface area contributed by atoms with E-state index in [4.69, 9.17) is 5.73 Å². The Balaban J connectivity index is 0.000000845. The molecule has 1 heterocycles. The molecule has 0 fully saturated rings. The van der Waals surface area contributed by atoms with E-state index in [1.54, 1.807) is 11.3 Å². The van der Waals surface area contributed by atoms with Crippen molar-refractivity contribution in [2.24, 2.45) is 5.73 Å². The Morgan fingerprint density at radius 1 is 1.31 bits per heavy atom. The fraction of sp³-hybridized carbons (Fsp3) is 0.200. The Morgan fingerprint density at radius 3 is 2.69 bits per heavy atom. The summed E-state index contributed by atoms with van der Waals surface area (Å²) < 4.78 is 1.32. The van der Waals surface area contributed by atoms with Crippen LogP contribution >= 0.6 is 23.7 Å². The first-order valence-corrected chi connectivity index (χ1v) is 4.88. The van der Waals surface area contributed by atoms with Crippen LogP contribution in [0.4, 0.5) is 0 Å². The maximum atomic E-state index is 5.83. The number of halogens is 1. The predicted molar refractivity (Wildman–Crippen MR) is 61.7 cm³/mol. The molecule has 0 aliphatic rings. The van der Waals surface area contributed by atoms with Crippen LogP contribution in [0, 0.1) is 0 Å². The highest BCUT2D eigenvalue weighted by atomic mass is 35.5. The minimum atomic E-state index is 0. The molecule has 0 bridgehead atoms. The Bertz CT molecular complexity index is 394. The van der Waals surface area contributed by atoms with Gasteiger partial charge in [0.15, 0.2) is 0 Å². The van der Waals surface area contributed by atoms with Gasteiger partial charge in [0.2, 0.25) is 0 Å². The molecule has 2 aromatic rings. The van der Waals surface area contributed by atoms with Gasteiger partial charge in [0.25, 0.3) is 0 Å². The van der Waals surface area contributed by atoms with Crippen LogP contribution in [-0.4, -0.2) is 0 Å². The highest BCUT2D eigenvalue weighted by molar-refractivity contribution is 7.17. The third kappa shape index (κ3) is 1.85. The number of benzene rings is 1. The van der Waals surface area contributed by atoms with Gasteiger partial charge in [-0.25, -0.2) is 0 Å². The average molecular weight is 214 g/mol. The fourth-order valence-electron chi connectivity index (χ4n) is 1.35. The number of nitrogens with two attached hydrogens (primary N) is 1.